The Morgan fingerprint density at radius 2 is 2.25 bits per heavy atom. The Morgan fingerprint density at radius 1 is 1.43 bits per heavy atom. The lowest BCUT2D eigenvalue weighted by Crippen LogP contribution is -2.54. The van der Waals surface area contributed by atoms with Crippen LogP contribution in [0.3, 0.4) is 0 Å². The number of benzene rings is 1. The van der Waals surface area contributed by atoms with E-state index in [1.165, 1.54) is 6.92 Å². The van der Waals surface area contributed by atoms with Crippen LogP contribution >= 0.6 is 0 Å². The lowest BCUT2D eigenvalue weighted by molar-refractivity contribution is -0.132. The Labute approximate surface area is 164 Å². The highest BCUT2D eigenvalue weighted by atomic mass is 16.5. The minimum absolute atomic E-state index is 0.0249. The Hall–Kier alpha value is -2.44. The quantitative estimate of drug-likeness (QED) is 0.633. The summed E-state index contributed by atoms with van der Waals surface area (Å²) in [5, 5.41) is 12.2. The molecule has 6 nitrogen and oxygen atoms in total. The van der Waals surface area contributed by atoms with Gasteiger partial charge in [-0.05, 0) is 55.0 Å². The molecule has 1 aromatic carbocycles. The van der Waals surface area contributed by atoms with Crippen LogP contribution < -0.4 is 9.47 Å². The first-order valence-corrected chi connectivity index (χ1v) is 9.72. The van der Waals surface area contributed by atoms with Crippen molar-refractivity contribution in [2.45, 2.75) is 31.9 Å². The van der Waals surface area contributed by atoms with Crippen molar-refractivity contribution in [2.24, 2.45) is 11.8 Å². The number of carbonyl (C=O) groups excluding carboxylic acids is 1. The maximum Gasteiger partial charge on any atom is 0.309 e. The number of hydrogen-bond donors (Lipinski definition) is 1. The minimum Gasteiger partial charge on any atom is -0.497 e. The number of aromatic nitrogens is 1. The minimum atomic E-state index is -0.708. The van der Waals surface area contributed by atoms with Gasteiger partial charge in [0, 0.05) is 31.0 Å². The van der Waals surface area contributed by atoms with Crippen molar-refractivity contribution in [2.75, 3.05) is 20.2 Å². The van der Waals surface area contributed by atoms with Crippen molar-refractivity contribution >= 4 is 16.9 Å². The van der Waals surface area contributed by atoms with Crippen LogP contribution in [-0.4, -0.2) is 47.2 Å². The van der Waals surface area contributed by atoms with E-state index >= 15 is 0 Å². The number of methoxy groups -OCH3 is 1. The van der Waals surface area contributed by atoms with E-state index in [0.717, 1.165) is 31.3 Å². The first-order chi connectivity index (χ1) is 13.5. The number of hydrogen-bond acceptors (Lipinski definition) is 6. The summed E-state index contributed by atoms with van der Waals surface area (Å²) in [6.07, 6.45) is 3.41. The normalized spacial score (nSPS) is 27.4. The van der Waals surface area contributed by atoms with Gasteiger partial charge in [0.25, 0.3) is 0 Å². The van der Waals surface area contributed by atoms with Crippen LogP contribution in [0.1, 0.15) is 31.4 Å². The third-order valence-electron chi connectivity index (χ3n) is 6.11. The van der Waals surface area contributed by atoms with Crippen molar-refractivity contribution in [3.8, 4) is 11.6 Å². The molecule has 3 aliphatic rings. The lowest BCUT2D eigenvalue weighted by atomic mass is 9.73. The standard InChI is InChI=1S/C22H26N2O4/c1-4-14-12-24-8-7-15(14)9-20(24)22(26)18-11-21(28-13(2)25)23-19-6-5-16(27-3)10-17(18)19/h4-6,10-11,14-15,20,22,26H,1,7-9,12H2,2-3H3/t14-,15?,20-,22+/m0/s1. The first kappa shape index (κ1) is 18.9. The summed E-state index contributed by atoms with van der Waals surface area (Å²) in [7, 11) is 1.61. The lowest BCUT2D eigenvalue weighted by Gasteiger charge is -2.50. The third kappa shape index (κ3) is 3.38. The van der Waals surface area contributed by atoms with Crippen LogP contribution in [0, 0.1) is 11.8 Å². The largest absolute Gasteiger partial charge is 0.497 e. The average Bonchev–Trinajstić information content (AvgIpc) is 2.72. The molecule has 148 valence electrons. The maximum atomic E-state index is 11.4. The van der Waals surface area contributed by atoms with E-state index in [9.17, 15) is 9.90 Å². The van der Waals surface area contributed by atoms with Gasteiger partial charge in [-0.15, -0.1) is 6.58 Å². The second kappa shape index (κ2) is 7.53. The van der Waals surface area contributed by atoms with Gasteiger partial charge >= 0.3 is 5.97 Å². The molecule has 2 aromatic rings. The fourth-order valence-electron chi connectivity index (χ4n) is 4.69. The van der Waals surface area contributed by atoms with Gasteiger partial charge in [-0.3, -0.25) is 9.69 Å². The first-order valence-electron chi connectivity index (χ1n) is 9.72. The maximum absolute atomic E-state index is 11.4. The number of rotatable bonds is 5. The Bertz CT molecular complexity index is 913. The van der Waals surface area contributed by atoms with E-state index in [1.54, 1.807) is 13.2 Å². The molecule has 3 fully saturated rings. The predicted molar refractivity (Wildman–Crippen MR) is 106 cm³/mol. The summed E-state index contributed by atoms with van der Waals surface area (Å²) in [5.74, 6) is 1.51. The van der Waals surface area contributed by atoms with Crippen molar-refractivity contribution in [1.82, 2.24) is 9.88 Å². The molecule has 4 heterocycles. The molecule has 0 aliphatic carbocycles. The highest BCUT2D eigenvalue weighted by Gasteiger charge is 2.42. The molecular formula is C22H26N2O4. The third-order valence-corrected chi connectivity index (χ3v) is 6.11. The number of piperidine rings is 3. The summed E-state index contributed by atoms with van der Waals surface area (Å²) in [6.45, 7) is 7.23. The van der Waals surface area contributed by atoms with Crippen molar-refractivity contribution < 1.29 is 19.4 Å². The number of pyridine rings is 1. The van der Waals surface area contributed by atoms with Crippen LogP contribution in [-0.2, 0) is 4.79 Å². The zero-order chi connectivity index (χ0) is 19.8. The summed E-state index contributed by atoms with van der Waals surface area (Å²) >= 11 is 0. The Kier molecular flexibility index (Phi) is 5.08. The predicted octanol–water partition coefficient (Wildman–Crippen LogP) is 3.10. The molecule has 0 saturated carbocycles. The van der Waals surface area contributed by atoms with Gasteiger partial charge < -0.3 is 14.6 Å². The molecule has 2 bridgehead atoms. The molecule has 0 amide bonds. The van der Waals surface area contributed by atoms with Crippen LogP contribution in [0.25, 0.3) is 10.9 Å². The summed E-state index contributed by atoms with van der Waals surface area (Å²) in [6, 6.07) is 7.21. The number of esters is 1. The van der Waals surface area contributed by atoms with Crippen LogP contribution in [0.4, 0.5) is 0 Å². The van der Waals surface area contributed by atoms with E-state index < -0.39 is 12.1 Å². The Morgan fingerprint density at radius 3 is 2.89 bits per heavy atom. The molecule has 5 atom stereocenters. The fourth-order valence-corrected chi connectivity index (χ4v) is 4.69. The molecule has 3 aliphatic heterocycles. The van der Waals surface area contributed by atoms with E-state index in [1.807, 2.05) is 24.3 Å². The number of ether oxygens (including phenoxy) is 2. The average molecular weight is 382 g/mol. The number of aliphatic hydroxyl groups excluding tert-OH is 1. The molecular weight excluding hydrogens is 356 g/mol. The van der Waals surface area contributed by atoms with Gasteiger partial charge in [0.1, 0.15) is 5.75 Å². The molecule has 6 heteroatoms. The number of carbonyl (C=O) groups is 1. The van der Waals surface area contributed by atoms with Crippen molar-refractivity contribution in [3.63, 3.8) is 0 Å². The molecule has 2 unspecified atom stereocenters. The molecule has 0 spiro atoms. The van der Waals surface area contributed by atoms with Crippen LogP contribution in [0.15, 0.2) is 36.9 Å². The van der Waals surface area contributed by atoms with E-state index in [0.29, 0.717) is 28.7 Å². The number of aliphatic hydroxyl groups is 1. The Balaban J connectivity index is 1.75. The number of fused-ring (bicyclic) bond motifs is 4. The molecule has 3 saturated heterocycles. The highest BCUT2D eigenvalue weighted by molar-refractivity contribution is 5.85. The van der Waals surface area contributed by atoms with Crippen molar-refractivity contribution in [3.05, 3.63) is 42.5 Å². The highest BCUT2D eigenvalue weighted by Crippen LogP contribution is 2.42. The van der Waals surface area contributed by atoms with Gasteiger partial charge in [0.05, 0.1) is 18.7 Å². The van der Waals surface area contributed by atoms with Crippen LogP contribution in [0.2, 0.25) is 0 Å². The summed E-state index contributed by atoms with van der Waals surface area (Å²) in [4.78, 5) is 18.2. The van der Waals surface area contributed by atoms with E-state index in [-0.39, 0.29) is 11.9 Å². The monoisotopic (exact) mass is 382 g/mol. The summed E-state index contributed by atoms with van der Waals surface area (Å²) < 4.78 is 10.6. The van der Waals surface area contributed by atoms with E-state index in [4.69, 9.17) is 9.47 Å². The smallest absolute Gasteiger partial charge is 0.309 e. The fraction of sp³-hybridized carbons (Fsp3) is 0.455. The van der Waals surface area contributed by atoms with Gasteiger partial charge in [-0.2, -0.15) is 0 Å². The topological polar surface area (TPSA) is 71.9 Å². The second-order valence-corrected chi connectivity index (χ2v) is 7.72. The van der Waals surface area contributed by atoms with Crippen LogP contribution in [0.5, 0.6) is 11.6 Å². The van der Waals surface area contributed by atoms with Gasteiger partial charge in [-0.25, -0.2) is 4.98 Å². The molecule has 28 heavy (non-hydrogen) atoms. The zero-order valence-electron chi connectivity index (χ0n) is 16.3. The molecule has 1 aromatic heterocycles. The molecule has 1 N–H and O–H groups in total. The van der Waals surface area contributed by atoms with Gasteiger partial charge in [-0.1, -0.05) is 6.08 Å². The number of nitrogens with zero attached hydrogens (tertiary/aromatic N) is 2. The van der Waals surface area contributed by atoms with Crippen molar-refractivity contribution in [1.29, 1.82) is 0 Å². The van der Waals surface area contributed by atoms with Gasteiger partial charge in [0.15, 0.2) is 0 Å². The van der Waals surface area contributed by atoms with E-state index in [2.05, 4.69) is 16.5 Å². The SMILES string of the molecule is C=C[C@H]1CN2CCC1C[C@H]2[C@H](O)c1cc(OC(C)=O)nc2ccc(OC)cc12. The summed E-state index contributed by atoms with van der Waals surface area (Å²) in [5.41, 5.74) is 1.38. The zero-order valence-corrected chi connectivity index (χ0v) is 16.3. The van der Waals surface area contributed by atoms with Gasteiger partial charge in [0.2, 0.25) is 5.88 Å². The molecule has 0 radical (unpaired) electrons. The second-order valence-electron chi connectivity index (χ2n) is 7.72. The molecule has 5 rings (SSSR count).